The molecule has 5 nitrogen and oxygen atoms in total. The van der Waals surface area contributed by atoms with Crippen molar-refractivity contribution in [3.8, 4) is 0 Å². The molecule has 0 radical (unpaired) electrons. The Kier molecular flexibility index (Phi) is 6.55. The average Bonchev–Trinajstić information content (AvgIpc) is 3.45. The Hall–Kier alpha value is -2.09. The van der Waals surface area contributed by atoms with Crippen molar-refractivity contribution < 1.29 is 22.8 Å². The van der Waals surface area contributed by atoms with Gasteiger partial charge < -0.3 is 10.2 Å². The molecule has 3 fully saturated rings. The van der Waals surface area contributed by atoms with Gasteiger partial charge in [-0.2, -0.15) is 13.2 Å². The van der Waals surface area contributed by atoms with Crippen molar-refractivity contribution in [2.24, 2.45) is 11.8 Å². The first-order valence-electron chi connectivity index (χ1n) is 11.3. The van der Waals surface area contributed by atoms with Crippen LogP contribution in [0.3, 0.4) is 0 Å². The summed E-state index contributed by atoms with van der Waals surface area (Å²) in [6, 6.07) is 4.73. The van der Waals surface area contributed by atoms with Crippen molar-refractivity contribution in [2.75, 3.05) is 32.7 Å². The van der Waals surface area contributed by atoms with E-state index in [1.54, 1.807) is 0 Å². The van der Waals surface area contributed by atoms with Crippen LogP contribution in [-0.4, -0.2) is 60.4 Å². The lowest BCUT2D eigenvalue weighted by Crippen LogP contribution is -2.58. The number of halogens is 3. The second-order valence-electron chi connectivity index (χ2n) is 9.05. The quantitative estimate of drug-likeness (QED) is 0.741. The first kappa shape index (κ1) is 22.1. The largest absolute Gasteiger partial charge is 0.417 e. The van der Waals surface area contributed by atoms with Crippen LogP contribution in [0.1, 0.15) is 54.4 Å². The van der Waals surface area contributed by atoms with Crippen LogP contribution in [0.4, 0.5) is 13.2 Å². The van der Waals surface area contributed by atoms with Gasteiger partial charge in [0.25, 0.3) is 5.91 Å². The molecule has 0 spiro atoms. The van der Waals surface area contributed by atoms with Crippen molar-refractivity contribution in [1.82, 2.24) is 15.1 Å². The van der Waals surface area contributed by atoms with Crippen LogP contribution >= 0.6 is 0 Å². The maximum absolute atomic E-state index is 13.3. The van der Waals surface area contributed by atoms with E-state index in [0.717, 1.165) is 38.3 Å². The number of nitrogens with one attached hydrogen (secondary N) is 1. The van der Waals surface area contributed by atoms with E-state index < -0.39 is 17.6 Å². The summed E-state index contributed by atoms with van der Waals surface area (Å²) in [5.74, 6) is 0.396. The molecule has 1 unspecified atom stereocenters. The number of alkyl halides is 3. The van der Waals surface area contributed by atoms with Gasteiger partial charge in [0.15, 0.2) is 0 Å². The van der Waals surface area contributed by atoms with Gasteiger partial charge in [0, 0.05) is 32.7 Å². The fraction of sp³-hybridized carbons (Fsp3) is 0.652. The molecule has 2 aliphatic carbocycles. The molecular weight excluding hydrogens is 407 g/mol. The SMILES string of the molecule is O=C(NCC1CC1)C(C1CCCC1)N1CCN(C(=O)c2ccccc2C(F)(F)F)CC1. The van der Waals surface area contributed by atoms with Gasteiger partial charge in [0.1, 0.15) is 0 Å². The van der Waals surface area contributed by atoms with Gasteiger partial charge >= 0.3 is 6.18 Å². The van der Waals surface area contributed by atoms with Crippen LogP contribution in [0, 0.1) is 11.8 Å². The predicted octanol–water partition coefficient (Wildman–Crippen LogP) is 3.55. The minimum atomic E-state index is -4.57. The smallest absolute Gasteiger partial charge is 0.354 e. The van der Waals surface area contributed by atoms with E-state index in [-0.39, 0.29) is 17.5 Å². The number of benzene rings is 1. The van der Waals surface area contributed by atoms with Gasteiger partial charge in [-0.1, -0.05) is 25.0 Å². The summed E-state index contributed by atoms with van der Waals surface area (Å²) in [7, 11) is 0. The molecule has 31 heavy (non-hydrogen) atoms. The number of nitrogens with zero attached hydrogens (tertiary/aromatic N) is 2. The van der Waals surface area contributed by atoms with E-state index in [9.17, 15) is 22.8 Å². The van der Waals surface area contributed by atoms with Crippen molar-refractivity contribution in [3.05, 3.63) is 35.4 Å². The van der Waals surface area contributed by atoms with E-state index in [2.05, 4.69) is 10.2 Å². The normalized spacial score (nSPS) is 21.8. The Labute approximate surface area is 181 Å². The molecule has 0 bridgehead atoms. The number of rotatable bonds is 6. The molecule has 1 heterocycles. The lowest BCUT2D eigenvalue weighted by Gasteiger charge is -2.41. The lowest BCUT2D eigenvalue weighted by molar-refractivity contribution is -0.138. The molecular formula is C23H30F3N3O2. The van der Waals surface area contributed by atoms with Gasteiger partial charge in [0.05, 0.1) is 17.2 Å². The molecule has 170 valence electrons. The summed E-state index contributed by atoms with van der Waals surface area (Å²) >= 11 is 0. The monoisotopic (exact) mass is 437 g/mol. The van der Waals surface area contributed by atoms with Gasteiger partial charge in [-0.3, -0.25) is 14.5 Å². The van der Waals surface area contributed by atoms with Crippen molar-refractivity contribution in [2.45, 2.75) is 50.7 Å². The highest BCUT2D eigenvalue weighted by atomic mass is 19.4. The molecule has 2 saturated carbocycles. The van der Waals surface area contributed by atoms with Gasteiger partial charge in [0.2, 0.25) is 5.91 Å². The zero-order valence-electron chi connectivity index (χ0n) is 17.7. The third kappa shape index (κ3) is 5.22. The molecule has 1 N–H and O–H groups in total. The molecule has 1 atom stereocenters. The van der Waals surface area contributed by atoms with Crippen LogP contribution < -0.4 is 5.32 Å². The topological polar surface area (TPSA) is 52.7 Å². The van der Waals surface area contributed by atoms with Crippen molar-refractivity contribution >= 4 is 11.8 Å². The minimum Gasteiger partial charge on any atom is -0.354 e. The van der Waals surface area contributed by atoms with Crippen LogP contribution in [-0.2, 0) is 11.0 Å². The molecule has 1 saturated heterocycles. The Morgan fingerprint density at radius 2 is 1.65 bits per heavy atom. The summed E-state index contributed by atoms with van der Waals surface area (Å²) in [5.41, 5.74) is -1.20. The van der Waals surface area contributed by atoms with Crippen LogP contribution in [0.5, 0.6) is 0 Å². The van der Waals surface area contributed by atoms with Crippen LogP contribution in [0.15, 0.2) is 24.3 Å². The molecule has 1 aromatic rings. The minimum absolute atomic E-state index is 0.0704. The zero-order valence-corrected chi connectivity index (χ0v) is 17.7. The first-order valence-corrected chi connectivity index (χ1v) is 11.3. The summed E-state index contributed by atoms with van der Waals surface area (Å²) in [4.78, 5) is 29.5. The molecule has 2 amide bonds. The second-order valence-corrected chi connectivity index (χ2v) is 9.05. The fourth-order valence-electron chi connectivity index (χ4n) is 4.91. The Bertz CT molecular complexity index is 796. The van der Waals surface area contributed by atoms with Gasteiger partial charge in [-0.25, -0.2) is 0 Å². The van der Waals surface area contributed by atoms with E-state index in [1.807, 2.05) is 0 Å². The van der Waals surface area contributed by atoms with Gasteiger partial charge in [-0.15, -0.1) is 0 Å². The average molecular weight is 438 g/mol. The highest BCUT2D eigenvalue weighted by molar-refractivity contribution is 5.96. The lowest BCUT2D eigenvalue weighted by atomic mass is 9.94. The summed E-state index contributed by atoms with van der Waals surface area (Å²) in [6.07, 6.45) is 2.09. The van der Waals surface area contributed by atoms with Gasteiger partial charge in [-0.05, 0) is 49.7 Å². The van der Waals surface area contributed by atoms with Crippen LogP contribution in [0.25, 0.3) is 0 Å². The molecule has 4 rings (SSSR count). The maximum atomic E-state index is 13.3. The molecule has 8 heteroatoms. The zero-order chi connectivity index (χ0) is 22.0. The maximum Gasteiger partial charge on any atom is 0.417 e. The third-order valence-corrected chi connectivity index (χ3v) is 6.83. The molecule has 1 aliphatic heterocycles. The highest BCUT2D eigenvalue weighted by Gasteiger charge is 2.39. The fourth-order valence-corrected chi connectivity index (χ4v) is 4.91. The summed E-state index contributed by atoms with van der Waals surface area (Å²) in [5, 5.41) is 3.12. The third-order valence-electron chi connectivity index (χ3n) is 6.83. The van der Waals surface area contributed by atoms with E-state index in [4.69, 9.17) is 0 Å². The molecule has 3 aliphatic rings. The van der Waals surface area contributed by atoms with E-state index >= 15 is 0 Å². The predicted molar refractivity (Wildman–Crippen MR) is 110 cm³/mol. The summed E-state index contributed by atoms with van der Waals surface area (Å²) in [6.45, 7) is 2.37. The number of carbonyl (C=O) groups is 2. The Morgan fingerprint density at radius 3 is 2.26 bits per heavy atom. The van der Waals surface area contributed by atoms with E-state index in [1.165, 1.54) is 35.9 Å². The molecule has 0 aromatic heterocycles. The first-order chi connectivity index (χ1) is 14.8. The number of hydrogen-bond donors (Lipinski definition) is 1. The number of amides is 2. The van der Waals surface area contributed by atoms with E-state index in [0.29, 0.717) is 38.0 Å². The highest BCUT2D eigenvalue weighted by Crippen LogP contribution is 2.34. The number of carbonyl (C=O) groups excluding carboxylic acids is 2. The Balaban J connectivity index is 1.41. The second kappa shape index (κ2) is 9.18. The Morgan fingerprint density at radius 1 is 1.00 bits per heavy atom. The summed E-state index contributed by atoms with van der Waals surface area (Å²) < 4.78 is 39.9. The molecule has 1 aromatic carbocycles. The van der Waals surface area contributed by atoms with Crippen molar-refractivity contribution in [3.63, 3.8) is 0 Å². The van der Waals surface area contributed by atoms with Crippen LogP contribution in [0.2, 0.25) is 0 Å². The van der Waals surface area contributed by atoms with Crippen molar-refractivity contribution in [1.29, 1.82) is 0 Å². The number of piperazine rings is 1. The number of hydrogen-bond acceptors (Lipinski definition) is 3. The standard InChI is InChI=1S/C23H30F3N3O2/c24-23(25,26)19-8-4-3-7-18(19)22(31)29-13-11-28(12-14-29)20(17-5-1-2-6-17)21(30)27-15-16-9-10-16/h3-4,7-8,16-17,20H,1-2,5-6,9-15H2,(H,27,30).